The van der Waals surface area contributed by atoms with Crippen LogP contribution in [0.25, 0.3) is 10.9 Å². The average Bonchev–Trinajstić information content (AvgIpc) is 3.56. The van der Waals surface area contributed by atoms with Crippen molar-refractivity contribution in [3.05, 3.63) is 95.2 Å². The minimum absolute atomic E-state index is 0.160. The normalized spacial score (nSPS) is 20.4. The maximum atomic E-state index is 13.8. The van der Waals surface area contributed by atoms with Crippen molar-refractivity contribution < 1.29 is 22.7 Å². The maximum Gasteiger partial charge on any atom is 0.354 e. The van der Waals surface area contributed by atoms with Gasteiger partial charge >= 0.3 is 5.97 Å². The zero-order chi connectivity index (χ0) is 25.9. The Hall–Kier alpha value is -4.11. The minimum atomic E-state index is -3.38. The fourth-order valence-electron chi connectivity index (χ4n) is 5.94. The number of benzene rings is 3. The number of likely N-dealkylation sites (tertiary alicyclic amines) is 1. The number of esters is 1. The van der Waals surface area contributed by atoms with Crippen LogP contribution in [0.3, 0.4) is 0 Å². The van der Waals surface area contributed by atoms with Gasteiger partial charge in [-0.25, -0.2) is 13.2 Å². The molecule has 2 N–H and O–H groups in total. The van der Waals surface area contributed by atoms with E-state index in [0.29, 0.717) is 24.2 Å². The molecule has 37 heavy (non-hydrogen) atoms. The first-order valence-electron chi connectivity index (χ1n) is 11.9. The molecule has 1 fully saturated rings. The molecule has 0 spiro atoms. The molecule has 0 bridgehead atoms. The lowest BCUT2D eigenvalue weighted by molar-refractivity contribution is 0.0592. The van der Waals surface area contributed by atoms with Crippen molar-refractivity contribution in [2.24, 2.45) is 0 Å². The van der Waals surface area contributed by atoms with E-state index in [9.17, 15) is 18.0 Å². The molecule has 188 valence electrons. The Morgan fingerprint density at radius 3 is 2.43 bits per heavy atom. The third-order valence-electron chi connectivity index (χ3n) is 7.56. The number of aromatic nitrogens is 1. The molecular weight excluding hydrogens is 490 g/mol. The summed E-state index contributed by atoms with van der Waals surface area (Å²) in [5.41, 5.74) is 3.60. The van der Waals surface area contributed by atoms with E-state index in [1.165, 1.54) is 19.2 Å². The third kappa shape index (κ3) is 3.37. The molecule has 0 aliphatic carbocycles. The second-order valence-corrected chi connectivity index (χ2v) is 11.5. The number of nitrogens with one attached hydrogen (secondary N) is 2. The lowest BCUT2D eigenvalue weighted by Gasteiger charge is -2.33. The number of para-hydroxylation sites is 2. The number of rotatable bonds is 4. The molecule has 3 heterocycles. The number of anilines is 1. The number of ether oxygens (including phenoxy) is 1. The second-order valence-electron chi connectivity index (χ2n) is 9.52. The largest absolute Gasteiger partial charge is 0.464 e. The number of carbonyl (C=O) groups excluding carboxylic acids is 2. The van der Waals surface area contributed by atoms with Crippen molar-refractivity contribution in [3.63, 3.8) is 0 Å². The van der Waals surface area contributed by atoms with Crippen LogP contribution >= 0.6 is 0 Å². The lowest BCUT2D eigenvalue weighted by Crippen LogP contribution is -2.47. The molecule has 6 rings (SSSR count). The summed E-state index contributed by atoms with van der Waals surface area (Å²) in [6.45, 7) is 0.443. The van der Waals surface area contributed by atoms with Crippen LogP contribution in [0.4, 0.5) is 5.69 Å². The van der Waals surface area contributed by atoms with E-state index in [-0.39, 0.29) is 10.8 Å². The first kappa shape index (κ1) is 23.3. The first-order valence-corrected chi connectivity index (χ1v) is 13.8. The molecule has 2 unspecified atom stereocenters. The summed E-state index contributed by atoms with van der Waals surface area (Å²) in [5, 5.41) is 4.46. The van der Waals surface area contributed by atoms with Gasteiger partial charge in [-0.1, -0.05) is 36.4 Å². The van der Waals surface area contributed by atoms with Gasteiger partial charge in [-0.15, -0.1) is 0 Å². The molecule has 0 radical (unpaired) electrons. The van der Waals surface area contributed by atoms with Crippen LogP contribution in [-0.4, -0.2) is 56.3 Å². The van der Waals surface area contributed by atoms with Crippen LogP contribution in [0.2, 0.25) is 0 Å². The van der Waals surface area contributed by atoms with Gasteiger partial charge in [0.25, 0.3) is 5.91 Å². The fourth-order valence-corrected chi connectivity index (χ4v) is 6.57. The number of amides is 1. The van der Waals surface area contributed by atoms with Gasteiger partial charge in [0.2, 0.25) is 0 Å². The molecule has 1 aromatic heterocycles. The highest BCUT2D eigenvalue weighted by Gasteiger charge is 2.58. The highest BCUT2D eigenvalue weighted by Crippen LogP contribution is 2.55. The molecule has 2 atom stereocenters. The molecule has 1 saturated heterocycles. The number of fused-ring (bicyclic) bond motifs is 4. The second kappa shape index (κ2) is 8.21. The molecule has 2 aliphatic rings. The Balaban J connectivity index is 1.52. The number of H-pyrrole nitrogens is 1. The molecule has 9 heteroatoms. The van der Waals surface area contributed by atoms with E-state index in [2.05, 4.69) is 10.3 Å². The van der Waals surface area contributed by atoms with E-state index < -0.39 is 27.4 Å². The molecular formula is C28H25N3O5S. The van der Waals surface area contributed by atoms with Gasteiger partial charge in [-0.2, -0.15) is 0 Å². The summed E-state index contributed by atoms with van der Waals surface area (Å²) in [4.78, 5) is 32.0. The quantitative estimate of drug-likeness (QED) is 0.399. The highest BCUT2D eigenvalue weighted by molar-refractivity contribution is 7.90. The number of sulfone groups is 1. The number of carbonyl (C=O) groups is 2. The van der Waals surface area contributed by atoms with Crippen molar-refractivity contribution in [3.8, 4) is 0 Å². The van der Waals surface area contributed by atoms with Crippen LogP contribution in [0.1, 0.15) is 38.4 Å². The molecule has 3 aromatic carbocycles. The molecule has 0 saturated carbocycles. The van der Waals surface area contributed by atoms with Crippen LogP contribution in [0, 0.1) is 0 Å². The topological polar surface area (TPSA) is 109 Å². The summed E-state index contributed by atoms with van der Waals surface area (Å²) in [5.74, 6) is -0.684. The van der Waals surface area contributed by atoms with Gasteiger partial charge in [0.15, 0.2) is 9.84 Å². The Morgan fingerprint density at radius 2 is 1.70 bits per heavy atom. The van der Waals surface area contributed by atoms with Crippen molar-refractivity contribution in [2.75, 3.05) is 25.2 Å². The van der Waals surface area contributed by atoms with Gasteiger partial charge in [0.05, 0.1) is 17.4 Å². The summed E-state index contributed by atoms with van der Waals surface area (Å²) < 4.78 is 28.9. The average molecular weight is 516 g/mol. The van der Waals surface area contributed by atoms with Crippen molar-refractivity contribution in [1.82, 2.24) is 9.88 Å². The Labute approximate surface area is 214 Å². The van der Waals surface area contributed by atoms with E-state index in [1.807, 2.05) is 48.5 Å². The van der Waals surface area contributed by atoms with E-state index >= 15 is 0 Å². The van der Waals surface area contributed by atoms with Crippen LogP contribution in [0.15, 0.2) is 77.7 Å². The standard InChI is InChI=1S/C28H25N3O5S/c1-36-26(33)24-23(19-7-3-5-9-21(19)29-24)28-15-16-31(27(28)30-22-10-6-4-8-20(22)28)25(32)17-11-13-18(14-12-17)37(2,34)35/h3-14,27,29-30H,15-16H2,1-2H3. The summed E-state index contributed by atoms with van der Waals surface area (Å²) in [6, 6.07) is 21.7. The van der Waals surface area contributed by atoms with Gasteiger partial charge in [0, 0.05) is 40.5 Å². The van der Waals surface area contributed by atoms with Gasteiger partial charge in [0.1, 0.15) is 11.9 Å². The van der Waals surface area contributed by atoms with Crippen molar-refractivity contribution >= 4 is 38.3 Å². The molecule has 1 amide bonds. The van der Waals surface area contributed by atoms with E-state index in [0.717, 1.165) is 34.0 Å². The lowest BCUT2D eigenvalue weighted by atomic mass is 9.72. The summed E-state index contributed by atoms with van der Waals surface area (Å²) in [6.07, 6.45) is 1.26. The van der Waals surface area contributed by atoms with Gasteiger partial charge in [-0.3, -0.25) is 4.79 Å². The van der Waals surface area contributed by atoms with Crippen molar-refractivity contribution in [2.45, 2.75) is 22.9 Å². The molecule has 4 aromatic rings. The van der Waals surface area contributed by atoms with Gasteiger partial charge < -0.3 is 19.9 Å². The number of methoxy groups -OCH3 is 1. The summed E-state index contributed by atoms with van der Waals surface area (Å²) in [7, 11) is -2.02. The number of aromatic amines is 1. The smallest absolute Gasteiger partial charge is 0.354 e. The summed E-state index contributed by atoms with van der Waals surface area (Å²) >= 11 is 0. The zero-order valence-corrected chi connectivity index (χ0v) is 21.1. The Morgan fingerprint density at radius 1 is 1.00 bits per heavy atom. The maximum absolute atomic E-state index is 13.8. The number of nitrogens with zero attached hydrogens (tertiary/aromatic N) is 1. The van der Waals surface area contributed by atoms with Crippen LogP contribution in [0.5, 0.6) is 0 Å². The van der Waals surface area contributed by atoms with Crippen molar-refractivity contribution in [1.29, 1.82) is 0 Å². The third-order valence-corrected chi connectivity index (χ3v) is 8.69. The van der Waals surface area contributed by atoms with E-state index in [1.54, 1.807) is 17.0 Å². The minimum Gasteiger partial charge on any atom is -0.464 e. The Bertz CT molecular complexity index is 1680. The Kier molecular flexibility index (Phi) is 5.17. The first-order chi connectivity index (χ1) is 17.8. The van der Waals surface area contributed by atoms with Gasteiger partial charge in [-0.05, 0) is 48.4 Å². The number of hydrogen-bond donors (Lipinski definition) is 2. The predicted octanol–water partition coefficient (Wildman–Crippen LogP) is 3.94. The van der Waals surface area contributed by atoms with Crippen LogP contribution < -0.4 is 5.32 Å². The highest BCUT2D eigenvalue weighted by atomic mass is 32.2. The number of hydrogen-bond acceptors (Lipinski definition) is 6. The van der Waals surface area contributed by atoms with Crippen LogP contribution in [-0.2, 0) is 20.0 Å². The fraction of sp³-hybridized carbons (Fsp3) is 0.214. The predicted molar refractivity (Wildman–Crippen MR) is 139 cm³/mol. The zero-order valence-electron chi connectivity index (χ0n) is 20.3. The SMILES string of the molecule is COC(=O)c1[nH]c2ccccc2c1C12CCN(C(=O)c3ccc(S(C)(=O)=O)cc3)C1Nc1ccccc12. The monoisotopic (exact) mass is 515 g/mol. The molecule has 8 nitrogen and oxygen atoms in total. The molecule has 2 aliphatic heterocycles. The van der Waals surface area contributed by atoms with E-state index in [4.69, 9.17) is 4.74 Å².